The maximum Gasteiger partial charge on any atom is 0.319 e. The van der Waals surface area contributed by atoms with Crippen molar-refractivity contribution < 1.29 is 9.59 Å². The number of benzene rings is 1. The molecule has 0 aliphatic carbocycles. The van der Waals surface area contributed by atoms with Crippen molar-refractivity contribution in [1.82, 2.24) is 10.2 Å². The normalized spacial score (nSPS) is 18.5. The molecule has 4 N–H and O–H groups in total. The summed E-state index contributed by atoms with van der Waals surface area (Å²) in [5.74, 6) is 0.705. The molecular weight excluding hydrogens is 328 g/mol. The highest BCUT2D eigenvalue weighted by atomic mass is 16.2. The number of nitrogens with zero attached hydrogens (tertiary/aromatic N) is 1. The third kappa shape index (κ3) is 6.33. The zero-order valence-electron chi connectivity index (χ0n) is 16.1. The second kappa shape index (κ2) is 9.57. The lowest BCUT2D eigenvalue weighted by Crippen LogP contribution is -2.50. The van der Waals surface area contributed by atoms with E-state index < -0.39 is 6.04 Å². The fourth-order valence-corrected chi connectivity index (χ4v) is 3.32. The predicted molar refractivity (Wildman–Crippen MR) is 105 cm³/mol. The van der Waals surface area contributed by atoms with Crippen LogP contribution < -0.4 is 16.4 Å². The molecule has 1 aromatic carbocycles. The SMILES string of the molecule is Cc1ccc(NC(=O)NCC2CCCN(C(=O)[C@@H](N)CC(C)C)C2)cc1. The van der Waals surface area contributed by atoms with E-state index in [2.05, 4.69) is 24.5 Å². The van der Waals surface area contributed by atoms with Gasteiger partial charge in [-0.15, -0.1) is 0 Å². The van der Waals surface area contributed by atoms with E-state index in [9.17, 15) is 9.59 Å². The number of hydrogen-bond acceptors (Lipinski definition) is 3. The molecule has 6 heteroatoms. The van der Waals surface area contributed by atoms with Gasteiger partial charge in [0.2, 0.25) is 5.91 Å². The molecule has 3 amide bonds. The van der Waals surface area contributed by atoms with Crippen LogP contribution >= 0.6 is 0 Å². The summed E-state index contributed by atoms with van der Waals surface area (Å²) in [7, 11) is 0. The highest BCUT2D eigenvalue weighted by molar-refractivity contribution is 5.89. The van der Waals surface area contributed by atoms with E-state index in [4.69, 9.17) is 5.73 Å². The van der Waals surface area contributed by atoms with Gasteiger partial charge >= 0.3 is 6.03 Å². The molecular formula is C20H32N4O2. The maximum atomic E-state index is 12.5. The van der Waals surface area contributed by atoms with Gasteiger partial charge in [0.25, 0.3) is 0 Å². The number of carbonyl (C=O) groups is 2. The van der Waals surface area contributed by atoms with E-state index in [1.165, 1.54) is 0 Å². The monoisotopic (exact) mass is 360 g/mol. The van der Waals surface area contributed by atoms with E-state index >= 15 is 0 Å². The number of amides is 3. The summed E-state index contributed by atoms with van der Waals surface area (Å²) in [6.07, 6.45) is 2.66. The first kappa shape index (κ1) is 20.2. The molecule has 1 unspecified atom stereocenters. The van der Waals surface area contributed by atoms with E-state index in [0.717, 1.165) is 30.6 Å². The van der Waals surface area contributed by atoms with E-state index in [-0.39, 0.29) is 17.9 Å². The number of urea groups is 1. The average molecular weight is 361 g/mol. The number of anilines is 1. The number of aryl methyl sites for hydroxylation is 1. The Morgan fingerprint density at radius 1 is 1.27 bits per heavy atom. The van der Waals surface area contributed by atoms with Crippen molar-refractivity contribution in [2.45, 2.75) is 46.1 Å². The third-order valence-corrected chi connectivity index (χ3v) is 4.73. The molecule has 2 atom stereocenters. The number of carbonyl (C=O) groups excluding carboxylic acids is 2. The Labute approximate surface area is 156 Å². The molecule has 0 aromatic heterocycles. The van der Waals surface area contributed by atoms with Crippen LogP contribution in [0.2, 0.25) is 0 Å². The lowest BCUT2D eigenvalue weighted by atomic mass is 9.96. The van der Waals surface area contributed by atoms with Crippen LogP contribution in [0.1, 0.15) is 38.7 Å². The standard InChI is InChI=1S/C20H32N4O2/c1-14(2)11-18(21)19(25)24-10-4-5-16(13-24)12-22-20(26)23-17-8-6-15(3)7-9-17/h6-9,14,16,18H,4-5,10-13,21H2,1-3H3,(H2,22,23,26)/t16?,18-/m0/s1. The number of nitrogens with two attached hydrogens (primary N) is 1. The smallest absolute Gasteiger partial charge is 0.319 e. The number of rotatable bonds is 6. The van der Waals surface area contributed by atoms with Crippen molar-refractivity contribution in [2.24, 2.45) is 17.6 Å². The number of piperidine rings is 1. The molecule has 0 spiro atoms. The van der Waals surface area contributed by atoms with Crippen LogP contribution in [0.4, 0.5) is 10.5 Å². The van der Waals surface area contributed by atoms with E-state index in [1.54, 1.807) is 0 Å². The van der Waals surface area contributed by atoms with Crippen molar-refractivity contribution in [3.63, 3.8) is 0 Å². The molecule has 0 radical (unpaired) electrons. The topological polar surface area (TPSA) is 87.5 Å². The first-order valence-corrected chi connectivity index (χ1v) is 9.51. The molecule has 0 bridgehead atoms. The minimum Gasteiger partial charge on any atom is -0.341 e. The Morgan fingerprint density at radius 2 is 1.96 bits per heavy atom. The van der Waals surface area contributed by atoms with E-state index in [1.807, 2.05) is 36.1 Å². The zero-order chi connectivity index (χ0) is 19.1. The maximum absolute atomic E-state index is 12.5. The van der Waals surface area contributed by atoms with Crippen LogP contribution in [0.5, 0.6) is 0 Å². The van der Waals surface area contributed by atoms with Crippen LogP contribution in [0, 0.1) is 18.8 Å². The van der Waals surface area contributed by atoms with Crippen LogP contribution in [0.3, 0.4) is 0 Å². The quantitative estimate of drug-likeness (QED) is 0.729. The Balaban J connectivity index is 1.77. The Hall–Kier alpha value is -2.08. The molecule has 1 aliphatic rings. The molecule has 1 heterocycles. The molecule has 6 nitrogen and oxygen atoms in total. The Bertz CT molecular complexity index is 600. The molecule has 26 heavy (non-hydrogen) atoms. The van der Waals surface area contributed by atoms with Gasteiger partial charge in [0.15, 0.2) is 0 Å². The summed E-state index contributed by atoms with van der Waals surface area (Å²) in [5, 5.41) is 5.75. The highest BCUT2D eigenvalue weighted by Gasteiger charge is 2.27. The third-order valence-electron chi connectivity index (χ3n) is 4.73. The van der Waals surface area contributed by atoms with Gasteiger partial charge in [0, 0.05) is 25.3 Å². The second-order valence-corrected chi connectivity index (χ2v) is 7.73. The van der Waals surface area contributed by atoms with Crippen molar-refractivity contribution in [3.05, 3.63) is 29.8 Å². The van der Waals surface area contributed by atoms with Gasteiger partial charge in [0.1, 0.15) is 0 Å². The van der Waals surface area contributed by atoms with Gasteiger partial charge in [-0.1, -0.05) is 31.5 Å². The molecule has 144 valence electrons. The van der Waals surface area contributed by atoms with E-state index in [0.29, 0.717) is 25.4 Å². The molecule has 0 saturated carbocycles. The second-order valence-electron chi connectivity index (χ2n) is 7.73. The first-order chi connectivity index (χ1) is 12.3. The largest absolute Gasteiger partial charge is 0.341 e. The summed E-state index contributed by atoms with van der Waals surface area (Å²) >= 11 is 0. The zero-order valence-corrected chi connectivity index (χ0v) is 16.1. The lowest BCUT2D eigenvalue weighted by molar-refractivity contribution is -0.134. The van der Waals surface area contributed by atoms with Gasteiger partial charge in [-0.3, -0.25) is 4.79 Å². The van der Waals surface area contributed by atoms with Gasteiger partial charge in [0.05, 0.1) is 6.04 Å². The Morgan fingerprint density at radius 3 is 2.62 bits per heavy atom. The summed E-state index contributed by atoms with van der Waals surface area (Å²) in [6, 6.07) is 7.04. The summed E-state index contributed by atoms with van der Waals surface area (Å²) < 4.78 is 0. The molecule has 1 aliphatic heterocycles. The highest BCUT2D eigenvalue weighted by Crippen LogP contribution is 2.18. The molecule has 1 fully saturated rings. The predicted octanol–water partition coefficient (Wildman–Crippen LogP) is 2.73. The number of nitrogens with one attached hydrogen (secondary N) is 2. The fourth-order valence-electron chi connectivity index (χ4n) is 3.32. The van der Waals surface area contributed by atoms with Gasteiger partial charge < -0.3 is 21.3 Å². The van der Waals surface area contributed by atoms with Crippen LogP contribution in [-0.4, -0.2) is 42.5 Å². The minimum atomic E-state index is -0.424. The van der Waals surface area contributed by atoms with Gasteiger partial charge in [-0.2, -0.15) is 0 Å². The molecule has 1 aromatic rings. The Kier molecular flexibility index (Phi) is 7.45. The summed E-state index contributed by atoms with van der Waals surface area (Å²) in [4.78, 5) is 26.4. The van der Waals surface area contributed by atoms with Crippen molar-refractivity contribution in [2.75, 3.05) is 25.0 Å². The van der Waals surface area contributed by atoms with Gasteiger partial charge in [-0.25, -0.2) is 4.79 Å². The van der Waals surface area contributed by atoms with Gasteiger partial charge in [-0.05, 0) is 50.2 Å². The van der Waals surface area contributed by atoms with Crippen molar-refractivity contribution >= 4 is 17.6 Å². The first-order valence-electron chi connectivity index (χ1n) is 9.51. The number of hydrogen-bond donors (Lipinski definition) is 3. The fraction of sp³-hybridized carbons (Fsp3) is 0.600. The molecule has 1 saturated heterocycles. The lowest BCUT2D eigenvalue weighted by Gasteiger charge is -2.34. The number of likely N-dealkylation sites (tertiary alicyclic amines) is 1. The molecule has 2 rings (SSSR count). The summed E-state index contributed by atoms with van der Waals surface area (Å²) in [5.41, 5.74) is 7.97. The average Bonchev–Trinajstić information content (AvgIpc) is 2.61. The van der Waals surface area contributed by atoms with Crippen LogP contribution in [0.25, 0.3) is 0 Å². The van der Waals surface area contributed by atoms with Crippen molar-refractivity contribution in [1.29, 1.82) is 0 Å². The summed E-state index contributed by atoms with van der Waals surface area (Å²) in [6.45, 7) is 8.13. The minimum absolute atomic E-state index is 0.0347. The van der Waals surface area contributed by atoms with Crippen molar-refractivity contribution in [3.8, 4) is 0 Å². The van der Waals surface area contributed by atoms with Crippen LogP contribution in [0.15, 0.2) is 24.3 Å². The van der Waals surface area contributed by atoms with Crippen LogP contribution in [-0.2, 0) is 4.79 Å².